The standard InChI is InChI=1S/C23H28N2O2/c1-4-5-13-24(20-9-7-6-8-10-20)23(27)19-15-22(26)25(16-19)21-12-11-17(2)18(3)14-21/h6-12,14,19H,4-5,13,15-16H2,1-3H3. The zero-order chi connectivity index (χ0) is 19.4. The van der Waals surface area contributed by atoms with Gasteiger partial charge in [-0.3, -0.25) is 9.59 Å². The SMILES string of the molecule is CCCCN(C(=O)C1CC(=O)N(c2ccc(C)c(C)c2)C1)c1ccccc1. The van der Waals surface area contributed by atoms with Crippen molar-refractivity contribution >= 4 is 23.2 Å². The monoisotopic (exact) mass is 364 g/mol. The number of carbonyl (C=O) groups excluding carboxylic acids is 2. The van der Waals surface area contributed by atoms with Gasteiger partial charge in [0.1, 0.15) is 0 Å². The summed E-state index contributed by atoms with van der Waals surface area (Å²) in [6, 6.07) is 15.8. The average Bonchev–Trinajstić information content (AvgIpc) is 3.07. The number of aryl methyl sites for hydroxylation is 2. The molecule has 0 saturated carbocycles. The predicted octanol–water partition coefficient (Wildman–Crippen LogP) is 4.49. The molecule has 1 unspecified atom stereocenters. The Bertz CT molecular complexity index is 816. The molecule has 0 bridgehead atoms. The van der Waals surface area contributed by atoms with Crippen LogP contribution < -0.4 is 9.80 Å². The number of rotatable bonds is 6. The topological polar surface area (TPSA) is 40.6 Å². The van der Waals surface area contributed by atoms with Crippen molar-refractivity contribution in [3.05, 3.63) is 59.7 Å². The lowest BCUT2D eigenvalue weighted by molar-refractivity contribution is -0.124. The van der Waals surface area contributed by atoms with Gasteiger partial charge in [-0.15, -0.1) is 0 Å². The van der Waals surface area contributed by atoms with Crippen LogP contribution in [-0.4, -0.2) is 24.9 Å². The van der Waals surface area contributed by atoms with Crippen LogP contribution in [0.5, 0.6) is 0 Å². The van der Waals surface area contributed by atoms with Gasteiger partial charge in [-0.1, -0.05) is 37.6 Å². The van der Waals surface area contributed by atoms with Crippen molar-refractivity contribution in [1.82, 2.24) is 0 Å². The van der Waals surface area contributed by atoms with E-state index in [0.717, 1.165) is 29.8 Å². The summed E-state index contributed by atoms with van der Waals surface area (Å²) in [4.78, 5) is 29.5. The van der Waals surface area contributed by atoms with Crippen molar-refractivity contribution in [2.45, 2.75) is 40.0 Å². The molecular weight excluding hydrogens is 336 g/mol. The highest BCUT2D eigenvalue weighted by atomic mass is 16.2. The number of anilines is 2. The third kappa shape index (κ3) is 4.21. The van der Waals surface area contributed by atoms with Gasteiger partial charge in [-0.2, -0.15) is 0 Å². The molecule has 1 atom stereocenters. The highest BCUT2D eigenvalue weighted by molar-refractivity contribution is 6.04. The van der Waals surface area contributed by atoms with Crippen LogP contribution in [0, 0.1) is 19.8 Å². The third-order valence-corrected chi connectivity index (χ3v) is 5.35. The zero-order valence-corrected chi connectivity index (χ0v) is 16.4. The highest BCUT2D eigenvalue weighted by Gasteiger charge is 2.37. The summed E-state index contributed by atoms with van der Waals surface area (Å²) >= 11 is 0. The third-order valence-electron chi connectivity index (χ3n) is 5.35. The molecule has 0 spiro atoms. The van der Waals surface area contributed by atoms with E-state index >= 15 is 0 Å². The largest absolute Gasteiger partial charge is 0.312 e. The van der Waals surface area contributed by atoms with Gasteiger partial charge < -0.3 is 9.80 Å². The summed E-state index contributed by atoms with van der Waals surface area (Å²) in [6.07, 6.45) is 2.25. The minimum atomic E-state index is -0.295. The number of unbranched alkanes of at least 4 members (excludes halogenated alkanes) is 1. The number of hydrogen-bond donors (Lipinski definition) is 0. The molecule has 4 heteroatoms. The summed E-state index contributed by atoms with van der Waals surface area (Å²) in [5.74, 6) is -0.217. The Kier molecular flexibility index (Phi) is 5.94. The van der Waals surface area contributed by atoms with E-state index in [-0.39, 0.29) is 24.2 Å². The van der Waals surface area contributed by atoms with Gasteiger partial charge in [0.2, 0.25) is 11.8 Å². The molecule has 1 saturated heterocycles. The average molecular weight is 364 g/mol. The van der Waals surface area contributed by atoms with Crippen molar-refractivity contribution in [3.8, 4) is 0 Å². The van der Waals surface area contributed by atoms with Crippen LogP contribution in [0.2, 0.25) is 0 Å². The zero-order valence-electron chi connectivity index (χ0n) is 16.4. The first-order valence-electron chi connectivity index (χ1n) is 9.75. The number of benzene rings is 2. The van der Waals surface area contributed by atoms with Gasteiger partial charge in [0.25, 0.3) is 0 Å². The fraction of sp³-hybridized carbons (Fsp3) is 0.391. The maximum atomic E-state index is 13.2. The summed E-state index contributed by atoms with van der Waals surface area (Å²) in [7, 11) is 0. The van der Waals surface area contributed by atoms with Crippen molar-refractivity contribution in [2.24, 2.45) is 5.92 Å². The molecule has 2 amide bonds. The lowest BCUT2D eigenvalue weighted by atomic mass is 10.1. The van der Waals surface area contributed by atoms with Crippen LogP contribution in [0.1, 0.15) is 37.3 Å². The second kappa shape index (κ2) is 8.38. The molecule has 142 valence electrons. The number of para-hydroxylation sites is 1. The number of amides is 2. The Hall–Kier alpha value is -2.62. The molecule has 27 heavy (non-hydrogen) atoms. The van der Waals surface area contributed by atoms with E-state index in [1.165, 1.54) is 5.56 Å². The first kappa shape index (κ1) is 19.2. The number of hydrogen-bond acceptors (Lipinski definition) is 2. The van der Waals surface area contributed by atoms with E-state index in [4.69, 9.17) is 0 Å². The van der Waals surface area contributed by atoms with Crippen molar-refractivity contribution in [2.75, 3.05) is 22.9 Å². The minimum absolute atomic E-state index is 0.0279. The Morgan fingerprint density at radius 2 is 1.85 bits per heavy atom. The Morgan fingerprint density at radius 1 is 1.11 bits per heavy atom. The lowest BCUT2D eigenvalue weighted by Gasteiger charge is -2.26. The molecule has 1 aliphatic rings. The molecule has 0 N–H and O–H groups in total. The first-order valence-corrected chi connectivity index (χ1v) is 9.75. The van der Waals surface area contributed by atoms with Crippen LogP contribution in [0.25, 0.3) is 0 Å². The normalized spacial score (nSPS) is 16.6. The lowest BCUT2D eigenvalue weighted by Crippen LogP contribution is -2.38. The Labute approximate surface area is 161 Å². The van der Waals surface area contributed by atoms with Gasteiger partial charge in [0.15, 0.2) is 0 Å². The van der Waals surface area contributed by atoms with Gasteiger partial charge in [-0.25, -0.2) is 0 Å². The quantitative estimate of drug-likeness (QED) is 0.758. The number of carbonyl (C=O) groups is 2. The van der Waals surface area contributed by atoms with Gasteiger partial charge in [0, 0.05) is 30.9 Å². The van der Waals surface area contributed by atoms with Crippen molar-refractivity contribution in [3.63, 3.8) is 0 Å². The highest BCUT2D eigenvalue weighted by Crippen LogP contribution is 2.29. The number of nitrogens with zero attached hydrogens (tertiary/aromatic N) is 2. The van der Waals surface area contributed by atoms with Gasteiger partial charge in [0.05, 0.1) is 5.92 Å². The molecule has 0 radical (unpaired) electrons. The second-order valence-electron chi connectivity index (χ2n) is 7.35. The maximum absolute atomic E-state index is 13.2. The molecule has 1 heterocycles. The molecule has 2 aromatic rings. The second-order valence-corrected chi connectivity index (χ2v) is 7.35. The smallest absolute Gasteiger partial charge is 0.232 e. The molecule has 1 aliphatic heterocycles. The van der Waals surface area contributed by atoms with Crippen LogP contribution >= 0.6 is 0 Å². The van der Waals surface area contributed by atoms with E-state index in [9.17, 15) is 9.59 Å². The van der Waals surface area contributed by atoms with Gasteiger partial charge >= 0.3 is 0 Å². The summed E-state index contributed by atoms with van der Waals surface area (Å²) in [6.45, 7) is 7.37. The maximum Gasteiger partial charge on any atom is 0.232 e. The predicted molar refractivity (Wildman–Crippen MR) is 110 cm³/mol. The van der Waals surface area contributed by atoms with Crippen LogP contribution in [-0.2, 0) is 9.59 Å². The van der Waals surface area contributed by atoms with E-state index < -0.39 is 0 Å². The Morgan fingerprint density at radius 3 is 2.52 bits per heavy atom. The molecule has 3 rings (SSSR count). The summed E-state index contributed by atoms with van der Waals surface area (Å²) < 4.78 is 0. The van der Waals surface area contributed by atoms with Gasteiger partial charge in [-0.05, 0) is 55.7 Å². The molecule has 2 aromatic carbocycles. The molecule has 1 fully saturated rings. The van der Waals surface area contributed by atoms with E-state index in [0.29, 0.717) is 13.1 Å². The summed E-state index contributed by atoms with van der Waals surface area (Å²) in [5.41, 5.74) is 4.16. The Balaban J connectivity index is 1.79. The van der Waals surface area contributed by atoms with Crippen molar-refractivity contribution < 1.29 is 9.59 Å². The van der Waals surface area contributed by atoms with Crippen LogP contribution in [0.15, 0.2) is 48.5 Å². The fourth-order valence-electron chi connectivity index (χ4n) is 3.53. The van der Waals surface area contributed by atoms with Crippen LogP contribution in [0.4, 0.5) is 11.4 Å². The van der Waals surface area contributed by atoms with E-state index in [1.54, 1.807) is 4.90 Å². The van der Waals surface area contributed by atoms with E-state index in [2.05, 4.69) is 13.8 Å². The first-order chi connectivity index (χ1) is 13.0. The molecular formula is C23H28N2O2. The minimum Gasteiger partial charge on any atom is -0.312 e. The molecule has 4 nitrogen and oxygen atoms in total. The molecule has 0 aliphatic carbocycles. The summed E-state index contributed by atoms with van der Waals surface area (Å²) in [5, 5.41) is 0. The van der Waals surface area contributed by atoms with Crippen molar-refractivity contribution in [1.29, 1.82) is 0 Å². The molecule has 0 aromatic heterocycles. The fourth-order valence-corrected chi connectivity index (χ4v) is 3.53. The van der Waals surface area contributed by atoms with Crippen LogP contribution in [0.3, 0.4) is 0 Å². The van der Waals surface area contributed by atoms with E-state index in [1.807, 2.05) is 60.4 Å².